The third-order valence-electron chi connectivity index (χ3n) is 3.55. The summed E-state index contributed by atoms with van der Waals surface area (Å²) in [5.74, 6) is 0.0976. The Bertz CT molecular complexity index is 392. The zero-order chi connectivity index (χ0) is 13.5. The lowest BCUT2D eigenvalue weighted by Gasteiger charge is -2.16. The van der Waals surface area contributed by atoms with Gasteiger partial charge in [0.05, 0.1) is 5.02 Å². The molecule has 106 valence electrons. The van der Waals surface area contributed by atoms with E-state index in [1.807, 2.05) is 0 Å². The van der Waals surface area contributed by atoms with Crippen LogP contribution in [0.25, 0.3) is 0 Å². The Balaban J connectivity index is 1.67. The molecule has 0 amide bonds. The fourth-order valence-electron chi connectivity index (χ4n) is 2.48. The van der Waals surface area contributed by atoms with Crippen LogP contribution in [-0.2, 0) is 0 Å². The van der Waals surface area contributed by atoms with Gasteiger partial charge >= 0.3 is 0 Å². The van der Waals surface area contributed by atoms with Gasteiger partial charge in [-0.15, -0.1) is 0 Å². The maximum absolute atomic E-state index is 13.2. The molecule has 1 saturated carbocycles. The van der Waals surface area contributed by atoms with Crippen LogP contribution in [0.2, 0.25) is 5.02 Å². The molecular formula is C15H21ClFNO. The summed E-state index contributed by atoms with van der Waals surface area (Å²) in [4.78, 5) is 0. The van der Waals surface area contributed by atoms with Gasteiger partial charge < -0.3 is 10.1 Å². The van der Waals surface area contributed by atoms with Gasteiger partial charge in [-0.2, -0.15) is 0 Å². The predicted octanol–water partition coefficient (Wildman–Crippen LogP) is 4.17. The minimum Gasteiger partial charge on any atom is -0.492 e. The van der Waals surface area contributed by atoms with Gasteiger partial charge in [0.1, 0.15) is 18.2 Å². The maximum atomic E-state index is 13.2. The molecule has 1 N–H and O–H groups in total. The first-order valence-electron chi connectivity index (χ1n) is 7.07. The van der Waals surface area contributed by atoms with E-state index < -0.39 is 5.82 Å². The summed E-state index contributed by atoms with van der Waals surface area (Å²) in [5, 5.41) is 3.64. The van der Waals surface area contributed by atoms with Crippen LogP contribution in [0.15, 0.2) is 18.2 Å². The number of hydrogen-bond acceptors (Lipinski definition) is 2. The lowest BCUT2D eigenvalue weighted by molar-refractivity contribution is 0.299. The third kappa shape index (κ3) is 5.00. The first-order chi connectivity index (χ1) is 9.25. The number of nitrogens with one attached hydrogen (secondary N) is 1. The molecule has 0 heterocycles. The average molecular weight is 286 g/mol. The molecule has 1 aliphatic rings. The summed E-state index contributed by atoms with van der Waals surface area (Å²) in [6, 6.07) is 5.16. The highest BCUT2D eigenvalue weighted by molar-refractivity contribution is 6.30. The number of ether oxygens (including phenoxy) is 1. The molecule has 0 aromatic heterocycles. The molecule has 1 aliphatic carbocycles. The average Bonchev–Trinajstić information content (AvgIpc) is 2.67. The highest BCUT2D eigenvalue weighted by Crippen LogP contribution is 2.20. The van der Waals surface area contributed by atoms with E-state index in [-0.39, 0.29) is 5.02 Å². The predicted molar refractivity (Wildman–Crippen MR) is 76.4 cm³/mol. The van der Waals surface area contributed by atoms with Crippen LogP contribution >= 0.6 is 11.6 Å². The van der Waals surface area contributed by atoms with Crippen molar-refractivity contribution in [2.45, 2.75) is 44.6 Å². The van der Waals surface area contributed by atoms with Gasteiger partial charge in [-0.25, -0.2) is 4.39 Å². The van der Waals surface area contributed by atoms with E-state index in [9.17, 15) is 4.39 Å². The van der Waals surface area contributed by atoms with Gasteiger partial charge in [-0.05, 0) is 25.0 Å². The van der Waals surface area contributed by atoms with Crippen molar-refractivity contribution in [2.75, 3.05) is 13.2 Å². The van der Waals surface area contributed by atoms with Gasteiger partial charge in [0.15, 0.2) is 0 Å². The maximum Gasteiger partial charge on any atom is 0.145 e. The highest BCUT2D eigenvalue weighted by atomic mass is 35.5. The van der Waals surface area contributed by atoms with Gasteiger partial charge in [0, 0.05) is 18.7 Å². The molecule has 0 spiro atoms. The number of hydrogen-bond donors (Lipinski definition) is 1. The molecule has 0 aliphatic heterocycles. The standard InChI is InChI=1S/C15H21ClFNO/c16-14-8-7-13(11-15(14)17)19-10-9-18-12-5-3-1-2-4-6-12/h7-8,11-12,18H,1-6,9-10H2. The fourth-order valence-corrected chi connectivity index (χ4v) is 2.60. The molecule has 0 atom stereocenters. The summed E-state index contributed by atoms with van der Waals surface area (Å²) >= 11 is 5.62. The van der Waals surface area contributed by atoms with Crippen molar-refractivity contribution < 1.29 is 9.13 Å². The van der Waals surface area contributed by atoms with E-state index in [2.05, 4.69) is 5.32 Å². The normalized spacial score (nSPS) is 17.2. The van der Waals surface area contributed by atoms with Gasteiger partial charge in [-0.1, -0.05) is 37.3 Å². The second-order valence-corrected chi connectivity index (χ2v) is 5.47. The van der Waals surface area contributed by atoms with Gasteiger partial charge in [-0.3, -0.25) is 0 Å². The van der Waals surface area contributed by atoms with Crippen LogP contribution in [-0.4, -0.2) is 19.2 Å². The first kappa shape index (κ1) is 14.6. The van der Waals surface area contributed by atoms with E-state index >= 15 is 0 Å². The van der Waals surface area contributed by atoms with Crippen LogP contribution in [0.1, 0.15) is 38.5 Å². The van der Waals surface area contributed by atoms with E-state index in [1.54, 1.807) is 6.07 Å². The highest BCUT2D eigenvalue weighted by Gasteiger charge is 2.10. The largest absolute Gasteiger partial charge is 0.492 e. The zero-order valence-corrected chi connectivity index (χ0v) is 11.9. The van der Waals surface area contributed by atoms with Crippen molar-refractivity contribution in [3.8, 4) is 5.75 Å². The molecular weight excluding hydrogens is 265 g/mol. The molecule has 19 heavy (non-hydrogen) atoms. The number of benzene rings is 1. The van der Waals surface area contributed by atoms with Crippen molar-refractivity contribution in [2.24, 2.45) is 0 Å². The van der Waals surface area contributed by atoms with E-state index in [0.717, 1.165) is 6.54 Å². The molecule has 4 heteroatoms. The molecule has 2 nitrogen and oxygen atoms in total. The van der Waals surface area contributed by atoms with Crippen molar-refractivity contribution >= 4 is 11.6 Å². The summed E-state index contributed by atoms with van der Waals surface area (Å²) in [6.45, 7) is 1.35. The Hall–Kier alpha value is -0.800. The van der Waals surface area contributed by atoms with Crippen molar-refractivity contribution in [3.05, 3.63) is 29.0 Å². The van der Waals surface area contributed by atoms with Gasteiger partial charge in [0.25, 0.3) is 0 Å². The monoisotopic (exact) mass is 285 g/mol. The summed E-state index contributed by atoms with van der Waals surface area (Å²) in [7, 11) is 0. The second-order valence-electron chi connectivity index (χ2n) is 5.07. The van der Waals surface area contributed by atoms with E-state index in [0.29, 0.717) is 18.4 Å². The molecule has 0 bridgehead atoms. The third-order valence-corrected chi connectivity index (χ3v) is 3.86. The minimum absolute atomic E-state index is 0.129. The number of halogens is 2. The van der Waals surface area contributed by atoms with Crippen LogP contribution in [0.5, 0.6) is 5.75 Å². The molecule has 1 fully saturated rings. The quantitative estimate of drug-likeness (QED) is 0.647. The van der Waals surface area contributed by atoms with Crippen LogP contribution in [0, 0.1) is 5.82 Å². The van der Waals surface area contributed by atoms with Gasteiger partial charge in [0.2, 0.25) is 0 Å². The van der Waals surface area contributed by atoms with E-state index in [4.69, 9.17) is 16.3 Å². The Morgan fingerprint density at radius 2 is 1.95 bits per heavy atom. The minimum atomic E-state index is -0.434. The van der Waals surface area contributed by atoms with Crippen molar-refractivity contribution in [3.63, 3.8) is 0 Å². The summed E-state index contributed by atoms with van der Waals surface area (Å²) in [6.07, 6.45) is 7.88. The van der Waals surface area contributed by atoms with Crippen LogP contribution in [0.3, 0.4) is 0 Å². The Labute approximate surface area is 119 Å². The second kappa shape index (κ2) is 7.71. The van der Waals surface area contributed by atoms with E-state index in [1.165, 1.54) is 50.7 Å². The Morgan fingerprint density at radius 1 is 1.21 bits per heavy atom. The summed E-state index contributed by atoms with van der Waals surface area (Å²) in [5.41, 5.74) is 0. The lowest BCUT2D eigenvalue weighted by atomic mass is 10.1. The smallest absolute Gasteiger partial charge is 0.145 e. The number of rotatable bonds is 5. The molecule has 0 saturated heterocycles. The Kier molecular flexibility index (Phi) is 5.93. The van der Waals surface area contributed by atoms with Crippen molar-refractivity contribution in [1.82, 2.24) is 5.32 Å². The SMILES string of the molecule is Fc1cc(OCCNC2CCCCCC2)ccc1Cl. The molecule has 2 rings (SSSR count). The topological polar surface area (TPSA) is 21.3 Å². The first-order valence-corrected chi connectivity index (χ1v) is 7.45. The molecule has 1 aromatic carbocycles. The van der Waals surface area contributed by atoms with Crippen molar-refractivity contribution in [1.29, 1.82) is 0 Å². The molecule has 0 unspecified atom stereocenters. The summed E-state index contributed by atoms with van der Waals surface area (Å²) < 4.78 is 18.7. The van der Waals surface area contributed by atoms with Crippen LogP contribution in [0.4, 0.5) is 4.39 Å². The van der Waals surface area contributed by atoms with Crippen LogP contribution < -0.4 is 10.1 Å². The lowest BCUT2D eigenvalue weighted by Crippen LogP contribution is -2.32. The Morgan fingerprint density at radius 3 is 2.63 bits per heavy atom. The zero-order valence-electron chi connectivity index (χ0n) is 11.1. The fraction of sp³-hybridized carbons (Fsp3) is 0.600. The molecule has 0 radical (unpaired) electrons. The molecule has 1 aromatic rings.